The fourth-order valence-electron chi connectivity index (χ4n) is 2.65. The van der Waals surface area contributed by atoms with E-state index < -0.39 is 8.29 Å². The van der Waals surface area contributed by atoms with Crippen molar-refractivity contribution in [2.75, 3.05) is 26.2 Å². The number of hydrogen-bond donors (Lipinski definition) is 0. The molecule has 0 radical (unpaired) electrons. The van der Waals surface area contributed by atoms with Gasteiger partial charge in [0.2, 0.25) is 0 Å². The topological polar surface area (TPSA) is 15.7 Å². The number of nitrogens with zero attached hydrogens (tertiary/aromatic N) is 2. The summed E-state index contributed by atoms with van der Waals surface area (Å²) in [6.45, 7) is 4.55. The third-order valence-electron chi connectivity index (χ3n) is 3.50. The van der Waals surface area contributed by atoms with Gasteiger partial charge in [-0.15, -0.1) is 0 Å². The molecule has 0 atom stereocenters. The highest BCUT2D eigenvalue weighted by molar-refractivity contribution is 8.44. The Morgan fingerprint density at radius 3 is 2.12 bits per heavy atom. The molecule has 2 heterocycles. The Bertz CT molecular complexity index is 274. The van der Waals surface area contributed by atoms with Crippen LogP contribution < -0.4 is 0 Å². The van der Waals surface area contributed by atoms with Gasteiger partial charge in [-0.25, -0.2) is 35.7 Å². The van der Waals surface area contributed by atoms with E-state index in [9.17, 15) is 0 Å². The standard InChI is InChI=1S/C10H19N2OS3/c14-16(15)13-12-8-4-10(5-9-12)11-6-2-1-3-7-11/h10H,1-9H2/q-1. The van der Waals surface area contributed by atoms with E-state index in [2.05, 4.69) is 4.90 Å². The van der Waals surface area contributed by atoms with Crippen LogP contribution in [0.15, 0.2) is 0 Å². The van der Waals surface area contributed by atoms with Crippen molar-refractivity contribution < 1.29 is 4.28 Å². The largest absolute Gasteiger partial charge is 0.386 e. The van der Waals surface area contributed by atoms with Gasteiger partial charge >= 0.3 is 0 Å². The van der Waals surface area contributed by atoms with Crippen LogP contribution >= 0.6 is 0 Å². The lowest BCUT2D eigenvalue weighted by Crippen LogP contribution is -2.46. The summed E-state index contributed by atoms with van der Waals surface area (Å²) in [5, 5.41) is 1.96. The monoisotopic (exact) mass is 279 g/mol. The predicted molar refractivity (Wildman–Crippen MR) is 73.2 cm³/mol. The van der Waals surface area contributed by atoms with E-state index in [-0.39, 0.29) is 0 Å². The normalized spacial score (nSPS) is 26.3. The molecule has 2 aliphatic heterocycles. The van der Waals surface area contributed by atoms with Crippen LogP contribution in [-0.2, 0) is 35.0 Å². The second-order valence-electron chi connectivity index (χ2n) is 4.54. The maximum absolute atomic E-state index is 5.40. The van der Waals surface area contributed by atoms with Crippen molar-refractivity contribution >= 4 is 30.7 Å². The zero-order chi connectivity index (χ0) is 11.4. The number of likely N-dealkylation sites (tertiary alicyclic amines) is 1. The molecule has 2 rings (SSSR count). The van der Waals surface area contributed by atoms with E-state index in [1.807, 2.05) is 5.06 Å². The van der Waals surface area contributed by atoms with E-state index in [1.54, 1.807) is 0 Å². The molecule has 0 aromatic rings. The van der Waals surface area contributed by atoms with Crippen molar-refractivity contribution in [3.63, 3.8) is 0 Å². The minimum atomic E-state index is -0.750. The maximum Gasteiger partial charge on any atom is 0.0234 e. The zero-order valence-corrected chi connectivity index (χ0v) is 11.9. The van der Waals surface area contributed by atoms with Gasteiger partial charge in [-0.05, 0) is 38.8 Å². The third-order valence-corrected chi connectivity index (χ3v) is 4.19. The number of hydroxylamine groups is 2. The quantitative estimate of drug-likeness (QED) is 0.722. The molecule has 0 saturated carbocycles. The highest BCUT2D eigenvalue weighted by Crippen LogP contribution is 2.20. The van der Waals surface area contributed by atoms with Crippen molar-refractivity contribution in [2.24, 2.45) is 0 Å². The predicted octanol–water partition coefficient (Wildman–Crippen LogP) is 1.33. The van der Waals surface area contributed by atoms with Crippen LogP contribution in [-0.4, -0.2) is 42.2 Å². The van der Waals surface area contributed by atoms with E-state index in [0.717, 1.165) is 19.1 Å². The van der Waals surface area contributed by atoms with Crippen molar-refractivity contribution in [1.82, 2.24) is 9.96 Å². The van der Waals surface area contributed by atoms with Gasteiger partial charge in [0.05, 0.1) is 0 Å². The van der Waals surface area contributed by atoms with Crippen LogP contribution in [0.4, 0.5) is 0 Å². The van der Waals surface area contributed by atoms with Crippen molar-refractivity contribution in [1.29, 1.82) is 0 Å². The number of hydrogen-bond acceptors (Lipinski definition) is 6. The van der Waals surface area contributed by atoms with Crippen molar-refractivity contribution in [3.8, 4) is 0 Å². The molecule has 0 aromatic heterocycles. The molecule has 2 saturated heterocycles. The Morgan fingerprint density at radius 2 is 1.56 bits per heavy atom. The molecular weight excluding hydrogens is 260 g/mol. The molecule has 0 bridgehead atoms. The van der Waals surface area contributed by atoms with Crippen LogP contribution in [0, 0.1) is 0 Å². The molecule has 0 aliphatic carbocycles. The first kappa shape index (κ1) is 13.1. The third kappa shape index (κ3) is 3.85. The molecule has 0 aromatic carbocycles. The fourth-order valence-corrected chi connectivity index (χ4v) is 3.49. The molecule has 16 heavy (non-hydrogen) atoms. The van der Waals surface area contributed by atoms with Crippen LogP contribution in [0.25, 0.3) is 0 Å². The second kappa shape index (κ2) is 6.56. The van der Waals surface area contributed by atoms with E-state index >= 15 is 0 Å². The van der Waals surface area contributed by atoms with Gasteiger partial charge in [0, 0.05) is 19.1 Å². The summed E-state index contributed by atoms with van der Waals surface area (Å²) in [6.07, 6.45) is 6.55. The van der Waals surface area contributed by atoms with Gasteiger partial charge in [0.25, 0.3) is 0 Å². The molecule has 94 valence electrons. The first-order valence-electron chi connectivity index (χ1n) is 6.02. The zero-order valence-electron chi connectivity index (χ0n) is 9.47. The van der Waals surface area contributed by atoms with Gasteiger partial charge in [0.15, 0.2) is 0 Å². The van der Waals surface area contributed by atoms with E-state index in [4.69, 9.17) is 26.7 Å². The number of piperidine rings is 2. The first-order valence-corrected chi connectivity index (χ1v) is 9.02. The Hall–Kier alpha value is 0.670. The first-order chi connectivity index (χ1) is 7.75. The highest BCUT2D eigenvalue weighted by atomic mass is 33.1. The second-order valence-corrected chi connectivity index (χ2v) is 7.54. The van der Waals surface area contributed by atoms with Crippen molar-refractivity contribution in [2.45, 2.75) is 38.1 Å². The molecule has 0 spiro atoms. The minimum Gasteiger partial charge on any atom is -0.386 e. The molecule has 2 aliphatic rings. The molecule has 0 amide bonds. The fraction of sp³-hybridized carbons (Fsp3) is 1.00. The summed E-state index contributed by atoms with van der Waals surface area (Å²) in [7, 11) is -0.750. The van der Waals surface area contributed by atoms with E-state index in [1.165, 1.54) is 45.2 Å². The molecular formula is C10H19N2OS3-. The molecule has 6 heteroatoms. The van der Waals surface area contributed by atoms with Gasteiger partial charge in [0.1, 0.15) is 0 Å². The summed E-state index contributed by atoms with van der Waals surface area (Å²) in [5.41, 5.74) is 0. The Morgan fingerprint density at radius 1 is 0.938 bits per heavy atom. The van der Waals surface area contributed by atoms with Gasteiger partial charge in [-0.2, -0.15) is 0 Å². The lowest BCUT2D eigenvalue weighted by atomic mass is 10.0. The van der Waals surface area contributed by atoms with Gasteiger partial charge in [-0.1, -0.05) is 6.42 Å². The molecule has 3 nitrogen and oxygen atoms in total. The lowest BCUT2D eigenvalue weighted by molar-refractivity contribution is -0.0708. The van der Waals surface area contributed by atoms with Gasteiger partial charge < -0.3 is 9.18 Å². The Kier molecular flexibility index (Phi) is 5.38. The molecule has 2 fully saturated rings. The SMILES string of the molecule is S=[S-](=S)ON1CCC(N2CCCCC2)CC1. The smallest absolute Gasteiger partial charge is 0.0234 e. The summed E-state index contributed by atoms with van der Waals surface area (Å²) in [4.78, 5) is 2.65. The average Bonchev–Trinajstić information content (AvgIpc) is 2.30. The van der Waals surface area contributed by atoms with Crippen LogP contribution in [0.1, 0.15) is 32.1 Å². The Labute approximate surface area is 109 Å². The van der Waals surface area contributed by atoms with Crippen LogP contribution in [0.3, 0.4) is 0 Å². The summed E-state index contributed by atoms with van der Waals surface area (Å²) >= 11 is 9.77. The Balaban J connectivity index is 1.75. The maximum atomic E-state index is 5.40. The van der Waals surface area contributed by atoms with Crippen LogP contribution in [0.5, 0.6) is 0 Å². The van der Waals surface area contributed by atoms with E-state index in [0.29, 0.717) is 0 Å². The molecule has 0 unspecified atom stereocenters. The average molecular weight is 279 g/mol. The summed E-state index contributed by atoms with van der Waals surface area (Å²) in [6, 6.07) is 0.761. The molecule has 0 N–H and O–H groups in total. The number of rotatable bonds is 3. The minimum absolute atomic E-state index is 0.750. The lowest BCUT2D eigenvalue weighted by Gasteiger charge is -2.40. The van der Waals surface area contributed by atoms with Gasteiger partial charge in [-0.3, -0.25) is 0 Å². The van der Waals surface area contributed by atoms with Crippen molar-refractivity contribution in [3.05, 3.63) is 0 Å². The highest BCUT2D eigenvalue weighted by Gasteiger charge is 2.24. The summed E-state index contributed by atoms with van der Waals surface area (Å²) in [5.74, 6) is 0. The van der Waals surface area contributed by atoms with Crippen LogP contribution in [0.2, 0.25) is 0 Å². The summed E-state index contributed by atoms with van der Waals surface area (Å²) < 4.78 is 5.40.